The summed E-state index contributed by atoms with van der Waals surface area (Å²) in [5.41, 5.74) is 1.84. The number of carbonyl (C=O) groups excluding carboxylic acids is 2. The number of carbonyl (C=O) groups is 2. The molecule has 0 aliphatic carbocycles. The summed E-state index contributed by atoms with van der Waals surface area (Å²) in [6.45, 7) is 1.81. The van der Waals surface area contributed by atoms with E-state index in [1.165, 1.54) is 4.90 Å². The van der Waals surface area contributed by atoms with Crippen LogP contribution in [0, 0.1) is 6.92 Å². The van der Waals surface area contributed by atoms with Gasteiger partial charge < -0.3 is 5.11 Å². The zero-order valence-electron chi connectivity index (χ0n) is 15.5. The van der Waals surface area contributed by atoms with Crippen molar-refractivity contribution in [2.75, 3.05) is 4.90 Å². The summed E-state index contributed by atoms with van der Waals surface area (Å²) in [5, 5.41) is 11.5. The quantitative estimate of drug-likeness (QED) is 0.391. The third-order valence-electron chi connectivity index (χ3n) is 4.80. The Kier molecular flexibility index (Phi) is 4.91. The molecule has 1 N–H and O–H groups in total. The second kappa shape index (κ2) is 7.53. The molecule has 4 rings (SSSR count). The number of aryl methyl sites for hydroxylation is 1. The third-order valence-corrected chi connectivity index (χ3v) is 5.05. The standard InChI is InChI=1S/C23H17ClN2O3/c1-14-6-5-9-18(25-14)26-20(15-10-12-17(24)13-11-15)19(22(28)23(26)29)21(27)16-7-3-2-4-8-16/h2-13,20,27H,1H3/b21-19-. The predicted molar refractivity (Wildman–Crippen MR) is 112 cm³/mol. The highest BCUT2D eigenvalue weighted by molar-refractivity contribution is 6.51. The fourth-order valence-electron chi connectivity index (χ4n) is 3.44. The summed E-state index contributed by atoms with van der Waals surface area (Å²) in [7, 11) is 0. The number of halogens is 1. The molecule has 1 aliphatic rings. The van der Waals surface area contributed by atoms with Gasteiger partial charge in [0.1, 0.15) is 11.6 Å². The number of Topliss-reactive ketones (excluding diaryl/α,β-unsaturated/α-hetero) is 1. The highest BCUT2D eigenvalue weighted by Gasteiger charge is 2.47. The zero-order chi connectivity index (χ0) is 20.5. The molecular weight excluding hydrogens is 388 g/mol. The topological polar surface area (TPSA) is 70.5 Å². The van der Waals surface area contributed by atoms with E-state index in [1.54, 1.807) is 73.7 Å². The maximum absolute atomic E-state index is 13.0. The van der Waals surface area contributed by atoms with Crippen LogP contribution in [0.3, 0.4) is 0 Å². The molecule has 0 saturated carbocycles. The van der Waals surface area contributed by atoms with Crippen LogP contribution in [0.1, 0.15) is 22.9 Å². The number of anilines is 1. The van der Waals surface area contributed by atoms with Crippen molar-refractivity contribution in [3.05, 3.63) is 100 Å². The van der Waals surface area contributed by atoms with Crippen LogP contribution in [-0.2, 0) is 9.59 Å². The first-order valence-electron chi connectivity index (χ1n) is 9.03. The van der Waals surface area contributed by atoms with Crippen molar-refractivity contribution in [1.29, 1.82) is 0 Å². The van der Waals surface area contributed by atoms with E-state index in [0.717, 1.165) is 0 Å². The number of aromatic nitrogens is 1. The van der Waals surface area contributed by atoms with Crippen molar-refractivity contribution in [3.63, 3.8) is 0 Å². The SMILES string of the molecule is Cc1cccc(N2C(=O)C(=O)/C(=C(\O)c3ccccc3)C2c2ccc(Cl)cc2)n1. The van der Waals surface area contributed by atoms with Crippen molar-refractivity contribution < 1.29 is 14.7 Å². The Balaban J connectivity index is 1.96. The van der Waals surface area contributed by atoms with Gasteiger partial charge in [-0.05, 0) is 36.8 Å². The van der Waals surface area contributed by atoms with Crippen LogP contribution in [0.4, 0.5) is 5.82 Å². The van der Waals surface area contributed by atoms with Crippen LogP contribution >= 0.6 is 11.6 Å². The van der Waals surface area contributed by atoms with Gasteiger partial charge in [0.25, 0.3) is 5.78 Å². The Labute approximate surface area is 172 Å². The molecule has 2 heterocycles. The molecule has 0 radical (unpaired) electrons. The van der Waals surface area contributed by atoms with Gasteiger partial charge in [-0.15, -0.1) is 0 Å². The molecule has 1 amide bonds. The van der Waals surface area contributed by atoms with E-state index < -0.39 is 17.7 Å². The number of hydrogen-bond acceptors (Lipinski definition) is 4. The Morgan fingerprint density at radius 3 is 2.31 bits per heavy atom. The zero-order valence-corrected chi connectivity index (χ0v) is 16.3. The minimum Gasteiger partial charge on any atom is -0.507 e. The lowest BCUT2D eigenvalue weighted by atomic mass is 9.95. The van der Waals surface area contributed by atoms with Gasteiger partial charge in [-0.1, -0.05) is 60.1 Å². The molecule has 6 heteroatoms. The normalized spacial score (nSPS) is 18.3. The van der Waals surface area contributed by atoms with Gasteiger partial charge in [0.2, 0.25) is 0 Å². The smallest absolute Gasteiger partial charge is 0.301 e. The number of benzene rings is 2. The number of ketones is 1. The van der Waals surface area contributed by atoms with Crippen LogP contribution in [0.25, 0.3) is 5.76 Å². The average molecular weight is 405 g/mol. The summed E-state index contributed by atoms with van der Waals surface area (Å²) in [4.78, 5) is 31.7. The summed E-state index contributed by atoms with van der Waals surface area (Å²) in [6, 6.07) is 20.0. The molecule has 1 fully saturated rings. The maximum Gasteiger partial charge on any atom is 0.301 e. The van der Waals surface area contributed by atoms with E-state index in [1.807, 2.05) is 6.07 Å². The Hall–Kier alpha value is -3.44. The van der Waals surface area contributed by atoms with Gasteiger partial charge in [-0.25, -0.2) is 4.98 Å². The second-order valence-electron chi connectivity index (χ2n) is 6.72. The van der Waals surface area contributed by atoms with Crippen LogP contribution < -0.4 is 4.90 Å². The van der Waals surface area contributed by atoms with Gasteiger partial charge in [-0.2, -0.15) is 0 Å². The van der Waals surface area contributed by atoms with Gasteiger partial charge in [-0.3, -0.25) is 14.5 Å². The summed E-state index contributed by atoms with van der Waals surface area (Å²) < 4.78 is 0. The number of rotatable bonds is 3. The molecule has 5 nitrogen and oxygen atoms in total. The minimum atomic E-state index is -0.818. The predicted octanol–water partition coefficient (Wildman–Crippen LogP) is 4.67. The average Bonchev–Trinajstić information content (AvgIpc) is 2.99. The Morgan fingerprint density at radius 1 is 0.966 bits per heavy atom. The molecule has 0 bridgehead atoms. The van der Waals surface area contributed by atoms with E-state index >= 15 is 0 Å². The van der Waals surface area contributed by atoms with E-state index in [9.17, 15) is 14.7 Å². The summed E-state index contributed by atoms with van der Waals surface area (Å²) in [6.07, 6.45) is 0. The molecule has 0 spiro atoms. The molecule has 1 saturated heterocycles. The largest absolute Gasteiger partial charge is 0.507 e. The third kappa shape index (κ3) is 3.41. The molecule has 2 aromatic carbocycles. The number of amides is 1. The van der Waals surface area contributed by atoms with Crippen molar-refractivity contribution in [3.8, 4) is 0 Å². The van der Waals surface area contributed by atoms with Crippen molar-refractivity contribution in [2.24, 2.45) is 0 Å². The molecule has 1 aliphatic heterocycles. The van der Waals surface area contributed by atoms with Gasteiger partial charge in [0.15, 0.2) is 0 Å². The fourth-order valence-corrected chi connectivity index (χ4v) is 3.57. The molecule has 1 unspecified atom stereocenters. The number of nitrogens with zero attached hydrogens (tertiary/aromatic N) is 2. The fraction of sp³-hybridized carbons (Fsp3) is 0.0870. The number of aliphatic hydroxyl groups is 1. The molecule has 29 heavy (non-hydrogen) atoms. The van der Waals surface area contributed by atoms with Crippen molar-refractivity contribution in [2.45, 2.75) is 13.0 Å². The van der Waals surface area contributed by atoms with Crippen LogP contribution in [0.2, 0.25) is 5.02 Å². The highest BCUT2D eigenvalue weighted by Crippen LogP contribution is 2.41. The molecule has 144 valence electrons. The van der Waals surface area contributed by atoms with Crippen LogP contribution in [0.15, 0.2) is 78.4 Å². The van der Waals surface area contributed by atoms with Crippen molar-refractivity contribution in [1.82, 2.24) is 4.98 Å². The molecule has 3 aromatic rings. The van der Waals surface area contributed by atoms with E-state index in [-0.39, 0.29) is 11.3 Å². The molecule has 1 atom stereocenters. The van der Waals surface area contributed by atoms with E-state index in [2.05, 4.69) is 4.98 Å². The van der Waals surface area contributed by atoms with Gasteiger partial charge in [0.05, 0.1) is 11.6 Å². The molecular formula is C23H17ClN2O3. The molecule has 1 aromatic heterocycles. The minimum absolute atomic E-state index is 0.0202. The first kappa shape index (κ1) is 18.9. The van der Waals surface area contributed by atoms with Crippen LogP contribution in [0.5, 0.6) is 0 Å². The first-order chi connectivity index (χ1) is 14.0. The van der Waals surface area contributed by atoms with E-state index in [4.69, 9.17) is 11.6 Å². The summed E-state index contributed by atoms with van der Waals surface area (Å²) in [5.74, 6) is -1.37. The summed E-state index contributed by atoms with van der Waals surface area (Å²) >= 11 is 6.02. The van der Waals surface area contributed by atoms with Crippen LogP contribution in [-0.4, -0.2) is 21.8 Å². The lowest BCUT2D eigenvalue weighted by Gasteiger charge is -2.24. The highest BCUT2D eigenvalue weighted by atomic mass is 35.5. The maximum atomic E-state index is 13.0. The number of hydrogen-bond donors (Lipinski definition) is 1. The monoisotopic (exact) mass is 404 g/mol. The second-order valence-corrected chi connectivity index (χ2v) is 7.16. The number of pyridine rings is 1. The van der Waals surface area contributed by atoms with Gasteiger partial charge >= 0.3 is 5.91 Å². The Morgan fingerprint density at radius 2 is 1.66 bits per heavy atom. The lowest BCUT2D eigenvalue weighted by molar-refractivity contribution is -0.132. The van der Waals surface area contributed by atoms with E-state index in [0.29, 0.717) is 27.7 Å². The van der Waals surface area contributed by atoms with Gasteiger partial charge in [0, 0.05) is 16.3 Å². The van der Waals surface area contributed by atoms with Crippen molar-refractivity contribution >= 4 is 34.9 Å². The number of aliphatic hydroxyl groups excluding tert-OH is 1. The Bertz CT molecular complexity index is 1120. The first-order valence-corrected chi connectivity index (χ1v) is 9.40. The lowest BCUT2D eigenvalue weighted by Crippen LogP contribution is -2.30.